The number of carbonyl (C=O) groups is 1. The van der Waals surface area contributed by atoms with Crippen LogP contribution in [0.4, 0.5) is 0 Å². The molecule has 0 aromatic heterocycles. The highest BCUT2D eigenvalue weighted by molar-refractivity contribution is 5.95. The van der Waals surface area contributed by atoms with Crippen LogP contribution >= 0.6 is 0 Å². The summed E-state index contributed by atoms with van der Waals surface area (Å²) in [6.07, 6.45) is 3.77. The topological polar surface area (TPSA) is 79.0 Å². The van der Waals surface area contributed by atoms with E-state index in [1.807, 2.05) is 24.3 Å². The summed E-state index contributed by atoms with van der Waals surface area (Å²) >= 11 is 0. The van der Waals surface area contributed by atoms with Gasteiger partial charge in [-0.3, -0.25) is 10.2 Å². The highest BCUT2D eigenvalue weighted by Crippen LogP contribution is 2.05. The van der Waals surface area contributed by atoms with Crippen molar-refractivity contribution in [3.05, 3.63) is 41.5 Å². The summed E-state index contributed by atoms with van der Waals surface area (Å²) < 4.78 is 0. The Morgan fingerprint density at radius 3 is 2.56 bits per heavy atom. The number of carbonyl (C=O) groups excluding carboxylic acids is 1. The Hall–Kier alpha value is -2.10. The van der Waals surface area contributed by atoms with Crippen LogP contribution in [-0.2, 0) is 4.79 Å². The predicted molar refractivity (Wildman–Crippen MR) is 65.2 cm³/mol. The van der Waals surface area contributed by atoms with Crippen LogP contribution in [0.1, 0.15) is 18.1 Å². The van der Waals surface area contributed by atoms with Crippen LogP contribution in [0, 0.1) is 5.41 Å². The van der Waals surface area contributed by atoms with Gasteiger partial charge in [0.2, 0.25) is 5.91 Å². The van der Waals surface area contributed by atoms with Gasteiger partial charge in [-0.2, -0.15) is 0 Å². The van der Waals surface area contributed by atoms with Crippen LogP contribution in [-0.4, -0.2) is 18.3 Å². The maximum atomic E-state index is 10.6. The summed E-state index contributed by atoms with van der Waals surface area (Å²) in [5.74, 6) is 0.0188. The van der Waals surface area contributed by atoms with Crippen LogP contribution < -0.4 is 11.1 Å². The molecule has 0 aliphatic rings. The van der Waals surface area contributed by atoms with E-state index in [2.05, 4.69) is 5.32 Å². The van der Waals surface area contributed by atoms with Crippen molar-refractivity contribution in [2.45, 2.75) is 6.92 Å². The third-order valence-corrected chi connectivity index (χ3v) is 2.00. The van der Waals surface area contributed by atoms with Crippen molar-refractivity contribution >= 4 is 17.8 Å². The molecule has 0 saturated heterocycles. The Balaban J connectivity index is 2.55. The molecule has 0 fully saturated rings. The van der Waals surface area contributed by atoms with Crippen LogP contribution in [0.15, 0.2) is 30.3 Å². The first-order valence-electron chi connectivity index (χ1n) is 4.95. The molecule has 1 aromatic rings. The van der Waals surface area contributed by atoms with Gasteiger partial charge in [-0.1, -0.05) is 36.4 Å². The highest BCUT2D eigenvalue weighted by atomic mass is 16.1. The van der Waals surface area contributed by atoms with Gasteiger partial charge in [-0.15, -0.1) is 0 Å². The molecule has 4 N–H and O–H groups in total. The van der Waals surface area contributed by atoms with E-state index in [9.17, 15) is 4.79 Å². The van der Waals surface area contributed by atoms with Crippen molar-refractivity contribution in [1.29, 1.82) is 5.41 Å². The second-order valence-corrected chi connectivity index (χ2v) is 3.38. The van der Waals surface area contributed by atoms with Crippen molar-refractivity contribution < 1.29 is 4.79 Å². The van der Waals surface area contributed by atoms with E-state index < -0.39 is 0 Å². The molecule has 0 atom stereocenters. The van der Waals surface area contributed by atoms with Crippen molar-refractivity contribution in [3.8, 4) is 0 Å². The summed E-state index contributed by atoms with van der Waals surface area (Å²) in [4.78, 5) is 10.6. The molecule has 0 unspecified atom stereocenters. The third kappa shape index (κ3) is 3.96. The molecule has 0 heterocycles. The molecule has 1 aromatic carbocycles. The van der Waals surface area contributed by atoms with Crippen LogP contribution in [0.3, 0.4) is 0 Å². The number of hydrogen-bond donors (Lipinski definition) is 3. The lowest BCUT2D eigenvalue weighted by atomic mass is 10.1. The lowest BCUT2D eigenvalue weighted by Gasteiger charge is -1.99. The fraction of sp³-hybridized carbons (Fsp3) is 0.167. The van der Waals surface area contributed by atoms with E-state index in [1.165, 1.54) is 6.92 Å². The molecule has 84 valence electrons. The highest BCUT2D eigenvalue weighted by Gasteiger charge is 1.94. The maximum Gasteiger partial charge on any atom is 0.217 e. The lowest BCUT2D eigenvalue weighted by Crippen LogP contribution is -2.19. The predicted octanol–water partition coefficient (Wildman–Crippen LogP) is 1.12. The largest absolute Gasteiger partial charge is 0.384 e. The normalized spacial score (nSPS) is 10.3. The van der Waals surface area contributed by atoms with Gasteiger partial charge in [-0.05, 0) is 5.56 Å². The molecule has 4 heteroatoms. The minimum Gasteiger partial charge on any atom is -0.384 e. The number of nitrogen functional groups attached to an aromatic ring is 1. The van der Waals surface area contributed by atoms with E-state index in [0.717, 1.165) is 5.56 Å². The van der Waals surface area contributed by atoms with Gasteiger partial charge in [0.15, 0.2) is 0 Å². The monoisotopic (exact) mass is 217 g/mol. The van der Waals surface area contributed by atoms with E-state index in [-0.39, 0.29) is 11.7 Å². The number of benzene rings is 1. The molecule has 16 heavy (non-hydrogen) atoms. The summed E-state index contributed by atoms with van der Waals surface area (Å²) in [6.45, 7) is 2.00. The van der Waals surface area contributed by atoms with Gasteiger partial charge in [0.25, 0.3) is 0 Å². The van der Waals surface area contributed by atoms with Gasteiger partial charge in [0.1, 0.15) is 5.84 Å². The summed E-state index contributed by atoms with van der Waals surface area (Å²) in [6, 6.07) is 7.34. The Labute approximate surface area is 94.7 Å². The summed E-state index contributed by atoms with van der Waals surface area (Å²) in [7, 11) is 0. The van der Waals surface area contributed by atoms with Gasteiger partial charge in [-0.25, -0.2) is 0 Å². The Morgan fingerprint density at radius 1 is 1.44 bits per heavy atom. The van der Waals surface area contributed by atoms with Crippen molar-refractivity contribution in [3.63, 3.8) is 0 Å². The summed E-state index contributed by atoms with van der Waals surface area (Å²) in [5, 5.41) is 9.90. The maximum absolute atomic E-state index is 10.6. The van der Waals surface area contributed by atoms with Crippen molar-refractivity contribution in [1.82, 2.24) is 5.32 Å². The fourth-order valence-electron chi connectivity index (χ4n) is 1.17. The molecule has 0 bridgehead atoms. The molecule has 0 aliphatic carbocycles. The number of amidine groups is 1. The minimum atomic E-state index is -0.0448. The molecular weight excluding hydrogens is 202 g/mol. The Morgan fingerprint density at radius 2 is 2.06 bits per heavy atom. The van der Waals surface area contributed by atoms with Gasteiger partial charge in [0, 0.05) is 19.0 Å². The van der Waals surface area contributed by atoms with Crippen LogP contribution in [0.25, 0.3) is 6.08 Å². The molecule has 4 nitrogen and oxygen atoms in total. The van der Waals surface area contributed by atoms with Crippen LogP contribution in [0.5, 0.6) is 0 Å². The molecule has 0 aliphatic heterocycles. The lowest BCUT2D eigenvalue weighted by molar-refractivity contribution is -0.118. The molecule has 0 saturated carbocycles. The molecule has 1 amide bonds. The fourth-order valence-corrected chi connectivity index (χ4v) is 1.17. The standard InChI is InChI=1S/C12H15N3O/c1-9(16)15-8-2-3-10-4-6-11(7-5-10)12(13)14/h2-7H,8H2,1H3,(H3,13,14)(H,15,16). The Bertz CT molecular complexity index is 407. The second kappa shape index (κ2) is 5.70. The number of rotatable bonds is 4. The third-order valence-electron chi connectivity index (χ3n) is 2.00. The molecule has 1 rings (SSSR count). The number of nitrogens with two attached hydrogens (primary N) is 1. The molecular formula is C12H15N3O. The van der Waals surface area contributed by atoms with E-state index >= 15 is 0 Å². The zero-order valence-electron chi connectivity index (χ0n) is 9.16. The zero-order chi connectivity index (χ0) is 12.0. The first-order valence-corrected chi connectivity index (χ1v) is 4.95. The first kappa shape index (κ1) is 12.0. The van der Waals surface area contributed by atoms with Gasteiger partial charge in [0.05, 0.1) is 0 Å². The number of amides is 1. The molecule has 0 spiro atoms. The zero-order valence-corrected chi connectivity index (χ0v) is 9.16. The SMILES string of the molecule is CC(=O)NCC=Cc1ccc(C(=N)N)cc1. The minimum absolute atomic E-state index is 0.0448. The van der Waals surface area contributed by atoms with E-state index in [4.69, 9.17) is 11.1 Å². The number of nitrogens with one attached hydrogen (secondary N) is 2. The average Bonchev–Trinajstić information content (AvgIpc) is 2.25. The average molecular weight is 217 g/mol. The van der Waals surface area contributed by atoms with Gasteiger partial charge < -0.3 is 11.1 Å². The van der Waals surface area contributed by atoms with E-state index in [1.54, 1.807) is 12.1 Å². The molecule has 0 radical (unpaired) electrons. The van der Waals surface area contributed by atoms with Crippen molar-refractivity contribution in [2.75, 3.05) is 6.54 Å². The van der Waals surface area contributed by atoms with Crippen LogP contribution in [0.2, 0.25) is 0 Å². The first-order chi connectivity index (χ1) is 7.59. The summed E-state index contributed by atoms with van der Waals surface area (Å²) in [5.41, 5.74) is 7.05. The smallest absolute Gasteiger partial charge is 0.217 e. The number of hydrogen-bond acceptors (Lipinski definition) is 2. The quantitative estimate of drug-likeness (QED) is 0.522. The second-order valence-electron chi connectivity index (χ2n) is 3.38. The van der Waals surface area contributed by atoms with Gasteiger partial charge >= 0.3 is 0 Å². The Kier molecular flexibility index (Phi) is 4.27. The van der Waals surface area contributed by atoms with E-state index in [0.29, 0.717) is 12.1 Å². The van der Waals surface area contributed by atoms with Crippen molar-refractivity contribution in [2.24, 2.45) is 5.73 Å².